The number of anilines is 1. The van der Waals surface area contributed by atoms with Crippen LogP contribution in [0.3, 0.4) is 0 Å². The molecule has 0 aliphatic rings. The van der Waals surface area contributed by atoms with Crippen molar-refractivity contribution in [2.75, 3.05) is 12.4 Å². The van der Waals surface area contributed by atoms with Gasteiger partial charge in [-0.3, -0.25) is 10.1 Å². The van der Waals surface area contributed by atoms with Gasteiger partial charge in [-0.05, 0) is 66.7 Å². The quantitative estimate of drug-likeness (QED) is 0.244. The van der Waals surface area contributed by atoms with Crippen molar-refractivity contribution in [3.8, 4) is 5.75 Å². The SMILES string of the molecule is CC.COc1ccc2nc(NC(=O)c3ccc([S+](c4ccccc4)c4ccccc4)cc3)sc2c1. The van der Waals surface area contributed by atoms with Crippen LogP contribution in [0.25, 0.3) is 10.2 Å². The fraction of sp³-hybridized carbons (Fsp3) is 0.103. The fourth-order valence-corrected chi connectivity index (χ4v) is 6.49. The van der Waals surface area contributed by atoms with Gasteiger partial charge in [0.25, 0.3) is 5.91 Å². The average molecular weight is 500 g/mol. The monoisotopic (exact) mass is 499 g/mol. The second kappa shape index (κ2) is 11.7. The molecule has 0 radical (unpaired) electrons. The Morgan fingerprint density at radius 3 is 1.94 bits per heavy atom. The second-order valence-corrected chi connectivity index (χ2v) is 10.3. The van der Waals surface area contributed by atoms with Crippen LogP contribution in [0, 0.1) is 0 Å². The standard InChI is InChI=1S/C27H20N2O2S2.C2H6/c1-31-20-14-17-24-25(18-20)32-27(28-24)29-26(30)19-12-15-23(16-13-19)33(21-8-4-2-5-9-21)22-10-6-3-7-11-22;1-2/h2-18H,1H3;1-2H3/p+1. The van der Waals surface area contributed by atoms with Gasteiger partial charge in [-0.25, -0.2) is 4.98 Å². The predicted octanol–water partition coefficient (Wildman–Crippen LogP) is 7.68. The summed E-state index contributed by atoms with van der Waals surface area (Å²) in [6, 6.07) is 34.4. The first-order valence-corrected chi connectivity index (χ1v) is 13.5. The van der Waals surface area contributed by atoms with Crippen LogP contribution < -0.4 is 10.1 Å². The Morgan fingerprint density at radius 1 is 0.800 bits per heavy atom. The summed E-state index contributed by atoms with van der Waals surface area (Å²) in [6.45, 7) is 4.00. The Balaban J connectivity index is 0.00000141. The highest BCUT2D eigenvalue weighted by molar-refractivity contribution is 7.97. The molecule has 4 nitrogen and oxygen atoms in total. The Kier molecular flexibility index (Phi) is 8.19. The molecule has 35 heavy (non-hydrogen) atoms. The Morgan fingerprint density at radius 2 is 1.37 bits per heavy atom. The van der Waals surface area contributed by atoms with Crippen molar-refractivity contribution in [3.05, 3.63) is 109 Å². The number of thiazole rings is 1. The summed E-state index contributed by atoms with van der Waals surface area (Å²) in [5.41, 5.74) is 1.43. The van der Waals surface area contributed by atoms with E-state index in [-0.39, 0.29) is 16.8 Å². The van der Waals surface area contributed by atoms with E-state index in [1.54, 1.807) is 7.11 Å². The molecule has 0 fully saturated rings. The summed E-state index contributed by atoms with van der Waals surface area (Å²) < 4.78 is 6.24. The van der Waals surface area contributed by atoms with Crippen LogP contribution in [0.1, 0.15) is 24.2 Å². The van der Waals surface area contributed by atoms with Gasteiger partial charge < -0.3 is 4.74 Å². The van der Waals surface area contributed by atoms with Gasteiger partial charge in [-0.15, -0.1) is 0 Å². The lowest BCUT2D eigenvalue weighted by atomic mass is 10.2. The van der Waals surface area contributed by atoms with E-state index < -0.39 is 0 Å². The molecule has 0 aliphatic carbocycles. The number of hydrogen-bond acceptors (Lipinski definition) is 4. The number of fused-ring (bicyclic) bond motifs is 1. The van der Waals surface area contributed by atoms with E-state index in [2.05, 4.69) is 58.8 Å². The van der Waals surface area contributed by atoms with Gasteiger partial charge in [0, 0.05) is 5.56 Å². The number of methoxy groups -OCH3 is 1. The molecule has 5 aromatic rings. The molecule has 0 atom stereocenters. The van der Waals surface area contributed by atoms with Crippen molar-refractivity contribution in [1.82, 2.24) is 4.98 Å². The van der Waals surface area contributed by atoms with Crippen LogP contribution in [-0.2, 0) is 10.9 Å². The summed E-state index contributed by atoms with van der Waals surface area (Å²) in [4.78, 5) is 21.0. The van der Waals surface area contributed by atoms with Crippen molar-refractivity contribution in [2.24, 2.45) is 0 Å². The first-order valence-electron chi connectivity index (χ1n) is 11.4. The minimum atomic E-state index is -0.242. The Hall–Kier alpha value is -3.61. The van der Waals surface area contributed by atoms with E-state index in [9.17, 15) is 4.79 Å². The lowest BCUT2D eigenvalue weighted by Crippen LogP contribution is -2.12. The van der Waals surface area contributed by atoms with E-state index >= 15 is 0 Å². The number of nitrogens with one attached hydrogen (secondary N) is 1. The third kappa shape index (κ3) is 5.73. The zero-order valence-electron chi connectivity index (χ0n) is 19.9. The lowest BCUT2D eigenvalue weighted by molar-refractivity contribution is 0.102. The number of benzene rings is 4. The minimum absolute atomic E-state index is 0.174. The number of hydrogen-bond donors (Lipinski definition) is 1. The van der Waals surface area contributed by atoms with Crippen molar-refractivity contribution in [3.63, 3.8) is 0 Å². The molecule has 0 unspecified atom stereocenters. The highest BCUT2D eigenvalue weighted by atomic mass is 32.2. The zero-order valence-corrected chi connectivity index (χ0v) is 21.5. The molecule has 6 heteroatoms. The topological polar surface area (TPSA) is 51.2 Å². The van der Waals surface area contributed by atoms with Gasteiger partial charge in [-0.2, -0.15) is 0 Å². The van der Waals surface area contributed by atoms with Gasteiger partial charge in [0.2, 0.25) is 0 Å². The van der Waals surface area contributed by atoms with Crippen LogP contribution >= 0.6 is 11.3 Å². The van der Waals surface area contributed by atoms with Gasteiger partial charge >= 0.3 is 0 Å². The van der Waals surface area contributed by atoms with Gasteiger partial charge in [0.15, 0.2) is 19.8 Å². The van der Waals surface area contributed by atoms with Crippen LogP contribution in [0.15, 0.2) is 118 Å². The molecule has 1 N–H and O–H groups in total. The van der Waals surface area contributed by atoms with Gasteiger partial charge in [0.1, 0.15) is 5.75 Å². The van der Waals surface area contributed by atoms with E-state index in [1.807, 2.05) is 68.4 Å². The van der Waals surface area contributed by atoms with Crippen molar-refractivity contribution >= 4 is 43.5 Å². The van der Waals surface area contributed by atoms with Crippen LogP contribution in [0.5, 0.6) is 5.75 Å². The fourth-order valence-electron chi connectivity index (χ4n) is 3.52. The molecule has 0 aliphatic heterocycles. The summed E-state index contributed by atoms with van der Waals surface area (Å²) in [6.07, 6.45) is 0. The van der Waals surface area contributed by atoms with Gasteiger partial charge in [-0.1, -0.05) is 61.6 Å². The predicted molar refractivity (Wildman–Crippen MR) is 147 cm³/mol. The molecular weight excluding hydrogens is 472 g/mol. The van der Waals surface area contributed by atoms with Crippen LogP contribution in [0.4, 0.5) is 5.13 Å². The number of rotatable bonds is 6. The van der Waals surface area contributed by atoms with Crippen molar-refractivity contribution < 1.29 is 9.53 Å². The molecule has 176 valence electrons. The van der Waals surface area contributed by atoms with Gasteiger partial charge in [0.05, 0.1) is 28.2 Å². The summed E-state index contributed by atoms with van der Waals surface area (Å²) >= 11 is 1.43. The van der Waals surface area contributed by atoms with E-state index in [0.717, 1.165) is 20.9 Å². The number of carbonyl (C=O) groups is 1. The third-order valence-electron chi connectivity index (χ3n) is 5.13. The maximum atomic E-state index is 12.9. The normalized spacial score (nSPS) is 10.5. The molecule has 0 bridgehead atoms. The molecular formula is C29H27N2O2S2+. The maximum absolute atomic E-state index is 12.9. The molecule has 0 saturated carbocycles. The van der Waals surface area contributed by atoms with Crippen LogP contribution in [-0.4, -0.2) is 18.0 Å². The van der Waals surface area contributed by atoms with E-state index in [1.165, 1.54) is 21.1 Å². The first kappa shape index (κ1) is 24.5. The smallest absolute Gasteiger partial charge is 0.257 e. The zero-order chi connectivity index (χ0) is 24.6. The summed E-state index contributed by atoms with van der Waals surface area (Å²) in [7, 11) is 1.39. The number of amides is 1. The first-order chi connectivity index (χ1) is 17.2. The third-order valence-corrected chi connectivity index (χ3v) is 8.29. The molecule has 1 amide bonds. The lowest BCUT2D eigenvalue weighted by Gasteiger charge is -2.08. The summed E-state index contributed by atoms with van der Waals surface area (Å²) in [5.74, 6) is 0.596. The number of aromatic nitrogens is 1. The number of carbonyl (C=O) groups excluding carboxylic acids is 1. The molecule has 1 heterocycles. The molecule has 4 aromatic carbocycles. The van der Waals surface area contributed by atoms with Crippen molar-refractivity contribution in [1.29, 1.82) is 0 Å². The molecule has 1 aromatic heterocycles. The Bertz CT molecular complexity index is 1350. The second-order valence-electron chi connectivity index (χ2n) is 7.26. The summed E-state index contributed by atoms with van der Waals surface area (Å²) in [5, 5.41) is 3.50. The highest BCUT2D eigenvalue weighted by Gasteiger charge is 2.28. The minimum Gasteiger partial charge on any atom is -0.497 e. The molecule has 0 saturated heterocycles. The number of nitrogens with zero attached hydrogens (tertiary/aromatic N) is 1. The van der Waals surface area contributed by atoms with E-state index in [4.69, 9.17) is 4.74 Å². The van der Waals surface area contributed by atoms with E-state index in [0.29, 0.717) is 10.7 Å². The largest absolute Gasteiger partial charge is 0.497 e. The molecule has 0 spiro atoms. The highest BCUT2D eigenvalue weighted by Crippen LogP contribution is 2.32. The Labute approximate surface area is 213 Å². The van der Waals surface area contributed by atoms with Crippen molar-refractivity contribution in [2.45, 2.75) is 28.5 Å². The maximum Gasteiger partial charge on any atom is 0.257 e. The number of ether oxygens (including phenoxy) is 1. The van der Waals surface area contributed by atoms with Crippen LogP contribution in [0.2, 0.25) is 0 Å². The molecule has 5 rings (SSSR count). The average Bonchev–Trinajstić information content (AvgIpc) is 3.33.